The zero-order valence-corrected chi connectivity index (χ0v) is 16.5. The van der Waals surface area contributed by atoms with Crippen molar-refractivity contribution in [3.63, 3.8) is 0 Å². The van der Waals surface area contributed by atoms with Crippen LogP contribution in [-0.2, 0) is 21.4 Å². The lowest BCUT2D eigenvalue weighted by Crippen LogP contribution is -2.43. The van der Waals surface area contributed by atoms with Gasteiger partial charge in [0.15, 0.2) is 0 Å². The number of methoxy groups -OCH3 is 2. The molecule has 0 radical (unpaired) electrons. The fourth-order valence-electron chi connectivity index (χ4n) is 2.79. The summed E-state index contributed by atoms with van der Waals surface area (Å²) in [5.41, 5.74) is 2.46. The molecule has 0 bridgehead atoms. The standard InChI is InChI=1S/C22H27NO4/c1-22(2,3)17-12-10-15(11-13-17)20(24)23-18(21(25)27-5)14-16-8-6-7-9-19(16)26-4/h6-13,18H,14H2,1-5H3,(H,23,24)/t18-/m0/s1. The summed E-state index contributed by atoms with van der Waals surface area (Å²) in [6, 6.07) is 14.0. The van der Waals surface area contributed by atoms with E-state index in [2.05, 4.69) is 26.1 Å². The molecule has 0 aliphatic carbocycles. The molecule has 5 heteroatoms. The zero-order chi connectivity index (χ0) is 20.0. The van der Waals surface area contributed by atoms with Crippen molar-refractivity contribution in [1.29, 1.82) is 0 Å². The molecule has 0 aliphatic heterocycles. The number of hydrogen-bond acceptors (Lipinski definition) is 4. The highest BCUT2D eigenvalue weighted by Crippen LogP contribution is 2.22. The Kier molecular flexibility index (Phi) is 6.61. The van der Waals surface area contributed by atoms with E-state index in [4.69, 9.17) is 9.47 Å². The molecule has 0 aromatic heterocycles. The average Bonchev–Trinajstić information content (AvgIpc) is 2.66. The van der Waals surface area contributed by atoms with E-state index in [1.807, 2.05) is 36.4 Å². The SMILES string of the molecule is COC(=O)[C@H](Cc1ccccc1OC)NC(=O)c1ccc(C(C)(C)C)cc1. The maximum absolute atomic E-state index is 12.6. The molecule has 0 saturated carbocycles. The second kappa shape index (κ2) is 8.71. The molecule has 27 heavy (non-hydrogen) atoms. The predicted molar refractivity (Wildman–Crippen MR) is 105 cm³/mol. The minimum absolute atomic E-state index is 0.00736. The largest absolute Gasteiger partial charge is 0.496 e. The molecule has 2 aromatic carbocycles. The second-order valence-corrected chi connectivity index (χ2v) is 7.39. The number of nitrogens with one attached hydrogen (secondary N) is 1. The van der Waals surface area contributed by atoms with E-state index in [-0.39, 0.29) is 17.7 Å². The molecule has 0 heterocycles. The third-order valence-corrected chi connectivity index (χ3v) is 4.42. The minimum Gasteiger partial charge on any atom is -0.496 e. The highest BCUT2D eigenvalue weighted by Gasteiger charge is 2.24. The average molecular weight is 369 g/mol. The zero-order valence-electron chi connectivity index (χ0n) is 16.5. The first-order chi connectivity index (χ1) is 12.8. The summed E-state index contributed by atoms with van der Waals surface area (Å²) in [5, 5.41) is 2.77. The maximum atomic E-state index is 12.6. The molecule has 1 amide bonds. The molecule has 144 valence electrons. The van der Waals surface area contributed by atoms with Gasteiger partial charge in [-0.1, -0.05) is 51.1 Å². The number of amides is 1. The summed E-state index contributed by atoms with van der Waals surface area (Å²) < 4.78 is 10.2. The van der Waals surface area contributed by atoms with Gasteiger partial charge in [-0.2, -0.15) is 0 Å². The first kappa shape index (κ1) is 20.5. The van der Waals surface area contributed by atoms with Crippen LogP contribution in [0, 0.1) is 0 Å². The first-order valence-corrected chi connectivity index (χ1v) is 8.87. The van der Waals surface area contributed by atoms with Gasteiger partial charge in [0.05, 0.1) is 14.2 Å². The Morgan fingerprint density at radius 2 is 1.63 bits per heavy atom. The van der Waals surface area contributed by atoms with E-state index >= 15 is 0 Å². The molecular weight excluding hydrogens is 342 g/mol. The topological polar surface area (TPSA) is 64.6 Å². The fraction of sp³-hybridized carbons (Fsp3) is 0.364. The van der Waals surface area contributed by atoms with Gasteiger partial charge in [0, 0.05) is 12.0 Å². The van der Waals surface area contributed by atoms with Crippen LogP contribution in [0.5, 0.6) is 5.75 Å². The van der Waals surface area contributed by atoms with Crippen molar-refractivity contribution < 1.29 is 19.1 Å². The second-order valence-electron chi connectivity index (χ2n) is 7.39. The smallest absolute Gasteiger partial charge is 0.328 e. The first-order valence-electron chi connectivity index (χ1n) is 8.87. The van der Waals surface area contributed by atoms with Crippen LogP contribution in [0.3, 0.4) is 0 Å². The van der Waals surface area contributed by atoms with E-state index in [0.717, 1.165) is 11.1 Å². The van der Waals surface area contributed by atoms with Gasteiger partial charge in [-0.25, -0.2) is 4.79 Å². The number of para-hydroxylation sites is 1. The lowest BCUT2D eigenvalue weighted by Gasteiger charge is -2.20. The van der Waals surface area contributed by atoms with E-state index < -0.39 is 12.0 Å². The van der Waals surface area contributed by atoms with Gasteiger partial charge in [0.2, 0.25) is 0 Å². The fourth-order valence-corrected chi connectivity index (χ4v) is 2.79. The van der Waals surface area contributed by atoms with Gasteiger partial charge in [0.25, 0.3) is 5.91 Å². The van der Waals surface area contributed by atoms with Crippen LogP contribution in [0.1, 0.15) is 42.3 Å². The Bertz CT molecular complexity index is 791. The van der Waals surface area contributed by atoms with Crippen molar-refractivity contribution in [1.82, 2.24) is 5.32 Å². The van der Waals surface area contributed by atoms with Crippen molar-refractivity contribution in [2.75, 3.05) is 14.2 Å². The maximum Gasteiger partial charge on any atom is 0.328 e. The highest BCUT2D eigenvalue weighted by molar-refractivity contribution is 5.96. The lowest BCUT2D eigenvalue weighted by molar-refractivity contribution is -0.142. The third kappa shape index (κ3) is 5.33. The Labute approximate surface area is 160 Å². The Balaban J connectivity index is 2.18. The normalized spacial score (nSPS) is 12.2. The molecule has 0 fully saturated rings. The van der Waals surface area contributed by atoms with Gasteiger partial charge in [-0.05, 0) is 34.7 Å². The number of ether oxygens (including phenoxy) is 2. The van der Waals surface area contributed by atoms with E-state index in [9.17, 15) is 9.59 Å². The van der Waals surface area contributed by atoms with Gasteiger partial charge >= 0.3 is 5.97 Å². The molecule has 2 aromatic rings. The number of benzene rings is 2. The molecular formula is C22H27NO4. The summed E-state index contributed by atoms with van der Waals surface area (Å²) in [4.78, 5) is 24.8. The van der Waals surface area contributed by atoms with Crippen LogP contribution in [-0.4, -0.2) is 32.1 Å². The van der Waals surface area contributed by atoms with Crippen LogP contribution in [0.2, 0.25) is 0 Å². The van der Waals surface area contributed by atoms with Gasteiger partial charge in [0.1, 0.15) is 11.8 Å². The molecule has 0 spiro atoms. The lowest BCUT2D eigenvalue weighted by atomic mass is 9.86. The van der Waals surface area contributed by atoms with Crippen LogP contribution in [0.15, 0.2) is 48.5 Å². The predicted octanol–water partition coefficient (Wildman–Crippen LogP) is 3.51. The van der Waals surface area contributed by atoms with Crippen LogP contribution in [0.25, 0.3) is 0 Å². The van der Waals surface area contributed by atoms with Crippen molar-refractivity contribution >= 4 is 11.9 Å². The van der Waals surface area contributed by atoms with E-state index in [0.29, 0.717) is 11.3 Å². The number of rotatable bonds is 6. The van der Waals surface area contributed by atoms with Gasteiger partial charge < -0.3 is 14.8 Å². The monoisotopic (exact) mass is 369 g/mol. The molecule has 2 rings (SSSR count). The number of carbonyl (C=O) groups is 2. The van der Waals surface area contributed by atoms with E-state index in [1.165, 1.54) is 7.11 Å². The Morgan fingerprint density at radius 1 is 1.00 bits per heavy atom. The van der Waals surface area contributed by atoms with Crippen LogP contribution >= 0.6 is 0 Å². The van der Waals surface area contributed by atoms with Gasteiger partial charge in [-0.15, -0.1) is 0 Å². The van der Waals surface area contributed by atoms with Crippen molar-refractivity contribution in [2.24, 2.45) is 0 Å². The van der Waals surface area contributed by atoms with Crippen LogP contribution < -0.4 is 10.1 Å². The van der Waals surface area contributed by atoms with Gasteiger partial charge in [-0.3, -0.25) is 4.79 Å². The third-order valence-electron chi connectivity index (χ3n) is 4.42. The minimum atomic E-state index is -0.805. The molecule has 1 N–H and O–H groups in total. The molecule has 5 nitrogen and oxygen atoms in total. The number of hydrogen-bond donors (Lipinski definition) is 1. The summed E-state index contributed by atoms with van der Waals surface area (Å²) in [7, 11) is 2.88. The molecule has 0 unspecified atom stereocenters. The van der Waals surface area contributed by atoms with Crippen molar-refractivity contribution in [3.05, 3.63) is 65.2 Å². The summed E-state index contributed by atoms with van der Waals surface area (Å²) >= 11 is 0. The number of carbonyl (C=O) groups excluding carboxylic acids is 2. The van der Waals surface area contributed by atoms with E-state index in [1.54, 1.807) is 19.2 Å². The number of esters is 1. The molecule has 0 saturated heterocycles. The Hall–Kier alpha value is -2.82. The van der Waals surface area contributed by atoms with Crippen LogP contribution in [0.4, 0.5) is 0 Å². The quantitative estimate of drug-likeness (QED) is 0.792. The highest BCUT2D eigenvalue weighted by atomic mass is 16.5. The summed E-state index contributed by atoms with van der Waals surface area (Å²) in [6.07, 6.45) is 0.280. The van der Waals surface area contributed by atoms with Crippen molar-refractivity contribution in [3.8, 4) is 5.75 Å². The molecule has 1 atom stereocenters. The van der Waals surface area contributed by atoms with Crippen molar-refractivity contribution in [2.45, 2.75) is 38.6 Å². The molecule has 0 aliphatic rings. The summed E-state index contributed by atoms with van der Waals surface area (Å²) in [6.45, 7) is 6.34. The Morgan fingerprint density at radius 3 is 2.19 bits per heavy atom. The summed E-state index contributed by atoms with van der Waals surface area (Å²) in [5.74, 6) is -0.156.